The van der Waals surface area contributed by atoms with E-state index in [1.807, 2.05) is 68.4 Å². The second-order valence-corrected chi connectivity index (χ2v) is 8.14. The Morgan fingerprint density at radius 2 is 1.80 bits per heavy atom. The van der Waals surface area contributed by atoms with Crippen LogP contribution in [-0.2, 0) is 5.75 Å². The van der Waals surface area contributed by atoms with Crippen molar-refractivity contribution in [2.45, 2.75) is 24.5 Å². The van der Waals surface area contributed by atoms with E-state index in [9.17, 15) is 9.59 Å². The van der Waals surface area contributed by atoms with Gasteiger partial charge in [0.15, 0.2) is 0 Å². The van der Waals surface area contributed by atoms with Crippen molar-refractivity contribution in [3.8, 4) is 0 Å². The van der Waals surface area contributed by atoms with Gasteiger partial charge in [-0.25, -0.2) is 4.98 Å². The van der Waals surface area contributed by atoms with Gasteiger partial charge in [-0.2, -0.15) is 0 Å². The first-order valence-electron chi connectivity index (χ1n) is 9.58. The summed E-state index contributed by atoms with van der Waals surface area (Å²) in [7, 11) is 0. The largest absolute Gasteiger partial charge is 0.321 e. The predicted molar refractivity (Wildman–Crippen MR) is 121 cm³/mol. The van der Waals surface area contributed by atoms with Crippen LogP contribution in [0.1, 0.15) is 27.2 Å². The van der Waals surface area contributed by atoms with E-state index in [0.717, 1.165) is 21.7 Å². The maximum atomic E-state index is 12.6. The Hall–Kier alpha value is -3.38. The van der Waals surface area contributed by atoms with Crippen molar-refractivity contribution in [1.29, 1.82) is 0 Å². The maximum absolute atomic E-state index is 12.6. The van der Waals surface area contributed by atoms with Crippen LogP contribution in [0.2, 0.25) is 0 Å². The van der Waals surface area contributed by atoms with Gasteiger partial charge in [-0.3, -0.25) is 14.0 Å². The number of anilines is 1. The average molecular weight is 416 g/mol. The number of aryl methyl sites for hydroxylation is 2. The van der Waals surface area contributed by atoms with E-state index < -0.39 is 0 Å². The lowest BCUT2D eigenvalue weighted by Crippen LogP contribution is -2.15. The SMILES string of the molecule is Cc1cccc(C(=O)Nc2ccccc2SCc2cc(=O)n3ccc(C)cc3n2)c1. The Bertz CT molecular complexity index is 1300. The van der Waals surface area contributed by atoms with E-state index in [4.69, 9.17) is 0 Å². The number of pyridine rings is 1. The summed E-state index contributed by atoms with van der Waals surface area (Å²) in [6, 6.07) is 20.5. The topological polar surface area (TPSA) is 63.5 Å². The van der Waals surface area contributed by atoms with Gasteiger partial charge in [0.25, 0.3) is 11.5 Å². The first kappa shape index (κ1) is 19.9. The highest BCUT2D eigenvalue weighted by atomic mass is 32.2. The fourth-order valence-corrected chi connectivity index (χ4v) is 4.06. The summed E-state index contributed by atoms with van der Waals surface area (Å²) in [5.41, 5.74) is 4.69. The summed E-state index contributed by atoms with van der Waals surface area (Å²) in [6.45, 7) is 3.93. The molecule has 2 aromatic heterocycles. The molecule has 2 heterocycles. The van der Waals surface area contributed by atoms with Gasteiger partial charge in [-0.1, -0.05) is 29.8 Å². The number of fused-ring (bicyclic) bond motifs is 1. The molecule has 0 spiro atoms. The highest BCUT2D eigenvalue weighted by Crippen LogP contribution is 2.29. The van der Waals surface area contributed by atoms with Gasteiger partial charge < -0.3 is 5.32 Å². The van der Waals surface area contributed by atoms with Crippen molar-refractivity contribution < 1.29 is 4.79 Å². The van der Waals surface area contributed by atoms with E-state index >= 15 is 0 Å². The van der Waals surface area contributed by atoms with E-state index in [0.29, 0.717) is 22.7 Å². The van der Waals surface area contributed by atoms with E-state index in [-0.39, 0.29) is 11.5 Å². The van der Waals surface area contributed by atoms with Crippen LogP contribution in [0.15, 0.2) is 82.6 Å². The number of thioether (sulfide) groups is 1. The number of carbonyl (C=O) groups excluding carboxylic acids is 1. The lowest BCUT2D eigenvalue weighted by atomic mass is 10.1. The Kier molecular flexibility index (Phi) is 5.68. The third-order valence-electron chi connectivity index (χ3n) is 4.67. The zero-order valence-electron chi connectivity index (χ0n) is 16.8. The number of nitrogens with one attached hydrogen (secondary N) is 1. The van der Waals surface area contributed by atoms with Crippen LogP contribution in [0.4, 0.5) is 5.69 Å². The number of benzene rings is 2. The number of hydrogen-bond acceptors (Lipinski definition) is 4. The number of amides is 1. The summed E-state index contributed by atoms with van der Waals surface area (Å²) < 4.78 is 1.54. The molecule has 0 aliphatic carbocycles. The number of hydrogen-bond donors (Lipinski definition) is 1. The van der Waals surface area contributed by atoms with Gasteiger partial charge in [0, 0.05) is 28.5 Å². The van der Waals surface area contributed by atoms with Crippen LogP contribution in [0.5, 0.6) is 0 Å². The first-order valence-corrected chi connectivity index (χ1v) is 10.6. The van der Waals surface area contributed by atoms with E-state index in [1.54, 1.807) is 18.3 Å². The highest BCUT2D eigenvalue weighted by molar-refractivity contribution is 7.98. The molecule has 0 fully saturated rings. The van der Waals surface area contributed by atoms with E-state index in [1.165, 1.54) is 16.2 Å². The molecule has 4 aromatic rings. The minimum atomic E-state index is -0.149. The normalized spacial score (nSPS) is 10.9. The molecular weight excluding hydrogens is 394 g/mol. The number of carbonyl (C=O) groups is 1. The Morgan fingerprint density at radius 1 is 1.00 bits per heavy atom. The molecule has 6 heteroatoms. The zero-order valence-corrected chi connectivity index (χ0v) is 17.6. The van der Waals surface area contributed by atoms with Gasteiger partial charge in [0.05, 0.1) is 11.4 Å². The van der Waals surface area contributed by atoms with Crippen LogP contribution in [0.25, 0.3) is 5.65 Å². The highest BCUT2D eigenvalue weighted by Gasteiger charge is 2.11. The average Bonchev–Trinajstić information content (AvgIpc) is 2.73. The predicted octanol–water partition coefficient (Wildman–Crippen LogP) is 4.86. The fourth-order valence-electron chi connectivity index (χ4n) is 3.16. The molecule has 30 heavy (non-hydrogen) atoms. The fraction of sp³-hybridized carbons (Fsp3) is 0.125. The Labute approximate surface area is 178 Å². The molecule has 0 saturated carbocycles. The number of aromatic nitrogens is 2. The summed E-state index contributed by atoms with van der Waals surface area (Å²) in [6.07, 6.45) is 1.74. The quantitative estimate of drug-likeness (QED) is 0.473. The van der Waals surface area contributed by atoms with Crippen molar-refractivity contribution in [1.82, 2.24) is 9.38 Å². The van der Waals surface area contributed by atoms with Gasteiger partial charge in [0.2, 0.25) is 0 Å². The minimum absolute atomic E-state index is 0.100. The molecule has 5 nitrogen and oxygen atoms in total. The minimum Gasteiger partial charge on any atom is -0.321 e. The van der Waals surface area contributed by atoms with Crippen molar-refractivity contribution >= 4 is 29.0 Å². The second-order valence-electron chi connectivity index (χ2n) is 7.13. The van der Waals surface area contributed by atoms with Gasteiger partial charge in [0.1, 0.15) is 5.65 Å². The first-order chi connectivity index (χ1) is 14.5. The lowest BCUT2D eigenvalue weighted by molar-refractivity contribution is 0.102. The molecule has 0 unspecified atom stereocenters. The van der Waals surface area contributed by atoms with Gasteiger partial charge in [-0.15, -0.1) is 11.8 Å². The molecule has 4 rings (SSSR count). The summed E-state index contributed by atoms with van der Waals surface area (Å²) >= 11 is 1.54. The Balaban J connectivity index is 1.54. The molecule has 0 aliphatic rings. The van der Waals surface area contributed by atoms with Crippen LogP contribution in [0, 0.1) is 13.8 Å². The molecule has 150 valence electrons. The lowest BCUT2D eigenvalue weighted by Gasteiger charge is -2.11. The van der Waals surface area contributed by atoms with Crippen molar-refractivity contribution in [2.24, 2.45) is 0 Å². The van der Waals surface area contributed by atoms with Gasteiger partial charge >= 0.3 is 0 Å². The molecular formula is C24H21N3O2S. The molecule has 0 aliphatic heterocycles. The zero-order chi connectivity index (χ0) is 21.1. The van der Waals surface area contributed by atoms with Crippen LogP contribution in [0.3, 0.4) is 0 Å². The number of rotatable bonds is 5. The van der Waals surface area contributed by atoms with Crippen molar-refractivity contribution in [3.63, 3.8) is 0 Å². The molecule has 0 bridgehead atoms. The summed E-state index contributed by atoms with van der Waals surface area (Å²) in [4.78, 5) is 30.6. The maximum Gasteiger partial charge on any atom is 0.258 e. The molecule has 1 N–H and O–H groups in total. The molecule has 1 amide bonds. The Morgan fingerprint density at radius 3 is 2.63 bits per heavy atom. The standard InChI is InChI=1S/C24H21N3O2S/c1-16-6-5-7-18(12-16)24(29)26-20-8-3-4-9-21(20)30-15-19-14-23(28)27-11-10-17(2)13-22(27)25-19/h3-14H,15H2,1-2H3,(H,26,29). The van der Waals surface area contributed by atoms with E-state index in [2.05, 4.69) is 10.3 Å². The summed E-state index contributed by atoms with van der Waals surface area (Å²) in [5.74, 6) is 0.376. The smallest absolute Gasteiger partial charge is 0.258 e. The van der Waals surface area contributed by atoms with Crippen molar-refractivity contribution in [3.05, 3.63) is 106 Å². The third kappa shape index (κ3) is 4.44. The third-order valence-corrected chi connectivity index (χ3v) is 5.77. The second kappa shape index (κ2) is 8.55. The molecule has 0 saturated heterocycles. The summed E-state index contributed by atoms with van der Waals surface area (Å²) in [5, 5.41) is 2.99. The molecule has 2 aromatic carbocycles. The molecule has 0 radical (unpaired) electrons. The molecule has 0 atom stereocenters. The van der Waals surface area contributed by atoms with Crippen molar-refractivity contribution in [2.75, 3.05) is 5.32 Å². The van der Waals surface area contributed by atoms with Gasteiger partial charge in [-0.05, 0) is 55.8 Å². The number of nitrogens with zero attached hydrogens (tertiary/aromatic N) is 2. The van der Waals surface area contributed by atoms with Crippen LogP contribution >= 0.6 is 11.8 Å². The number of para-hydroxylation sites is 1. The monoisotopic (exact) mass is 415 g/mol. The van der Waals surface area contributed by atoms with Crippen LogP contribution in [-0.4, -0.2) is 15.3 Å². The van der Waals surface area contributed by atoms with Crippen LogP contribution < -0.4 is 10.9 Å².